The molecule has 17 heavy (non-hydrogen) atoms. The van der Waals surface area contributed by atoms with Crippen molar-refractivity contribution in [3.05, 3.63) is 29.8 Å². The Kier molecular flexibility index (Phi) is 3.04. The summed E-state index contributed by atoms with van der Waals surface area (Å²) in [5.41, 5.74) is 1.25. The molecule has 3 heteroatoms. The summed E-state index contributed by atoms with van der Waals surface area (Å²) in [5, 5.41) is 12.9. The van der Waals surface area contributed by atoms with Gasteiger partial charge in [-0.1, -0.05) is 12.1 Å². The molecule has 0 saturated carbocycles. The van der Waals surface area contributed by atoms with Crippen LogP contribution in [0.5, 0.6) is 5.75 Å². The average molecular weight is 232 g/mol. The molecule has 3 saturated heterocycles. The highest BCUT2D eigenvalue weighted by Gasteiger charge is 2.33. The van der Waals surface area contributed by atoms with Gasteiger partial charge < -0.3 is 15.3 Å². The lowest BCUT2D eigenvalue weighted by Crippen LogP contribution is -2.55. The Balaban J connectivity index is 1.56. The molecule has 0 spiro atoms. The van der Waals surface area contributed by atoms with Gasteiger partial charge in [-0.05, 0) is 49.5 Å². The monoisotopic (exact) mass is 232 g/mol. The number of nitrogens with zero attached hydrogens (tertiary/aromatic N) is 1. The topological polar surface area (TPSA) is 35.5 Å². The molecule has 2 N–H and O–H groups in total. The number of nitrogens with one attached hydrogen (secondary N) is 1. The van der Waals surface area contributed by atoms with Gasteiger partial charge in [0.2, 0.25) is 0 Å². The Morgan fingerprint density at radius 2 is 1.88 bits per heavy atom. The summed E-state index contributed by atoms with van der Waals surface area (Å²) < 4.78 is 0. The van der Waals surface area contributed by atoms with Crippen molar-refractivity contribution in [3.8, 4) is 5.75 Å². The number of piperidine rings is 3. The Bertz CT molecular complexity index is 368. The molecular formula is C14H20N2O. The second-order valence-electron chi connectivity index (χ2n) is 5.29. The first kappa shape index (κ1) is 11.1. The van der Waals surface area contributed by atoms with Crippen molar-refractivity contribution in [3.63, 3.8) is 0 Å². The molecule has 1 aromatic carbocycles. The molecule has 3 fully saturated rings. The van der Waals surface area contributed by atoms with Gasteiger partial charge >= 0.3 is 0 Å². The predicted molar refractivity (Wildman–Crippen MR) is 67.9 cm³/mol. The van der Waals surface area contributed by atoms with Gasteiger partial charge in [-0.2, -0.15) is 0 Å². The van der Waals surface area contributed by atoms with Crippen LogP contribution < -0.4 is 5.32 Å². The minimum Gasteiger partial charge on any atom is -0.508 e. The zero-order valence-corrected chi connectivity index (χ0v) is 10.1. The highest BCUT2D eigenvalue weighted by molar-refractivity contribution is 5.25. The number of hydrogen-bond acceptors (Lipinski definition) is 3. The number of phenolic OH excluding ortho intramolecular Hbond substituents is 1. The number of rotatable bonds is 3. The fourth-order valence-corrected chi connectivity index (χ4v) is 3.06. The predicted octanol–water partition coefficient (Wildman–Crippen LogP) is 1.58. The summed E-state index contributed by atoms with van der Waals surface area (Å²) in [6, 6.07) is 8.15. The summed E-state index contributed by atoms with van der Waals surface area (Å²) >= 11 is 0. The second-order valence-corrected chi connectivity index (χ2v) is 5.29. The van der Waals surface area contributed by atoms with Crippen molar-refractivity contribution in [2.45, 2.75) is 25.4 Å². The van der Waals surface area contributed by atoms with Crippen LogP contribution in [0.1, 0.15) is 18.4 Å². The van der Waals surface area contributed by atoms with Gasteiger partial charge in [-0.15, -0.1) is 0 Å². The molecule has 0 radical (unpaired) electrons. The fourth-order valence-electron chi connectivity index (χ4n) is 3.06. The van der Waals surface area contributed by atoms with Gasteiger partial charge in [0.05, 0.1) is 0 Å². The summed E-state index contributed by atoms with van der Waals surface area (Å²) in [5.74, 6) is 1.22. The second kappa shape index (κ2) is 4.67. The van der Waals surface area contributed by atoms with Crippen molar-refractivity contribution >= 4 is 0 Å². The smallest absolute Gasteiger partial charge is 0.115 e. The third kappa shape index (κ3) is 2.45. The average Bonchev–Trinajstić information content (AvgIpc) is 2.39. The SMILES string of the molecule is Oc1ccc(CNC2CN3CCC2CC3)cc1. The van der Waals surface area contributed by atoms with E-state index in [1.807, 2.05) is 12.1 Å². The quantitative estimate of drug-likeness (QED) is 0.830. The van der Waals surface area contributed by atoms with Crippen molar-refractivity contribution in [2.24, 2.45) is 5.92 Å². The van der Waals surface area contributed by atoms with Gasteiger partial charge in [0.15, 0.2) is 0 Å². The summed E-state index contributed by atoms with van der Waals surface area (Å²) in [7, 11) is 0. The minimum atomic E-state index is 0.344. The number of hydrogen-bond donors (Lipinski definition) is 2. The van der Waals surface area contributed by atoms with Crippen molar-refractivity contribution in [2.75, 3.05) is 19.6 Å². The van der Waals surface area contributed by atoms with E-state index in [1.165, 1.54) is 38.0 Å². The maximum absolute atomic E-state index is 9.23. The van der Waals surface area contributed by atoms with E-state index in [1.54, 1.807) is 12.1 Å². The fraction of sp³-hybridized carbons (Fsp3) is 0.571. The third-order valence-corrected chi connectivity index (χ3v) is 4.16. The van der Waals surface area contributed by atoms with Crippen molar-refractivity contribution in [1.82, 2.24) is 10.2 Å². The zero-order chi connectivity index (χ0) is 11.7. The van der Waals surface area contributed by atoms with E-state index in [0.29, 0.717) is 11.8 Å². The van der Waals surface area contributed by atoms with Crippen molar-refractivity contribution in [1.29, 1.82) is 0 Å². The van der Waals surface area contributed by atoms with Crippen LogP contribution in [-0.4, -0.2) is 35.7 Å². The minimum absolute atomic E-state index is 0.344. The molecule has 0 aliphatic carbocycles. The van der Waals surface area contributed by atoms with E-state index in [0.717, 1.165) is 12.5 Å². The van der Waals surface area contributed by atoms with E-state index in [-0.39, 0.29) is 0 Å². The maximum atomic E-state index is 9.23. The lowest BCUT2D eigenvalue weighted by Gasteiger charge is -2.45. The van der Waals surface area contributed by atoms with E-state index >= 15 is 0 Å². The molecule has 3 aliphatic rings. The standard InChI is InChI=1S/C14H20N2O/c17-13-3-1-11(2-4-13)9-15-14-10-16-7-5-12(14)6-8-16/h1-4,12,14-15,17H,5-10H2. The van der Waals surface area contributed by atoms with Crippen LogP contribution >= 0.6 is 0 Å². The summed E-state index contributed by atoms with van der Waals surface area (Å²) in [6.07, 6.45) is 2.71. The van der Waals surface area contributed by atoms with Crippen LogP contribution in [0.25, 0.3) is 0 Å². The van der Waals surface area contributed by atoms with Crippen molar-refractivity contribution < 1.29 is 5.11 Å². The van der Waals surface area contributed by atoms with Gasteiger partial charge in [0.1, 0.15) is 5.75 Å². The molecule has 4 rings (SSSR count). The van der Waals surface area contributed by atoms with Crippen LogP contribution in [-0.2, 0) is 6.54 Å². The van der Waals surface area contributed by atoms with Crippen LogP contribution in [0.2, 0.25) is 0 Å². The lowest BCUT2D eigenvalue weighted by molar-refractivity contribution is 0.0720. The van der Waals surface area contributed by atoms with Gasteiger partial charge in [0, 0.05) is 19.1 Å². The van der Waals surface area contributed by atoms with E-state index in [4.69, 9.17) is 0 Å². The summed E-state index contributed by atoms with van der Waals surface area (Å²) in [4.78, 5) is 2.56. The Morgan fingerprint density at radius 1 is 1.18 bits per heavy atom. The first-order chi connectivity index (χ1) is 8.31. The van der Waals surface area contributed by atoms with Gasteiger partial charge in [-0.25, -0.2) is 0 Å². The number of aromatic hydroxyl groups is 1. The van der Waals surface area contributed by atoms with Crippen LogP contribution in [0, 0.1) is 5.92 Å². The first-order valence-corrected chi connectivity index (χ1v) is 6.55. The Labute approximate surface area is 102 Å². The normalized spacial score (nSPS) is 31.6. The molecule has 92 valence electrons. The van der Waals surface area contributed by atoms with Gasteiger partial charge in [-0.3, -0.25) is 0 Å². The molecule has 3 heterocycles. The maximum Gasteiger partial charge on any atom is 0.115 e. The van der Waals surface area contributed by atoms with Crippen LogP contribution in [0.15, 0.2) is 24.3 Å². The molecule has 3 nitrogen and oxygen atoms in total. The lowest BCUT2D eigenvalue weighted by atomic mass is 9.84. The van der Waals surface area contributed by atoms with E-state index in [2.05, 4.69) is 10.2 Å². The third-order valence-electron chi connectivity index (χ3n) is 4.16. The zero-order valence-electron chi connectivity index (χ0n) is 10.1. The number of fused-ring (bicyclic) bond motifs is 3. The largest absolute Gasteiger partial charge is 0.508 e. The number of phenols is 1. The molecule has 0 aromatic heterocycles. The molecule has 2 bridgehead atoms. The Morgan fingerprint density at radius 3 is 2.47 bits per heavy atom. The Hall–Kier alpha value is -1.06. The molecular weight excluding hydrogens is 212 g/mol. The molecule has 0 amide bonds. The molecule has 1 unspecified atom stereocenters. The highest BCUT2D eigenvalue weighted by atomic mass is 16.3. The first-order valence-electron chi connectivity index (χ1n) is 6.55. The van der Waals surface area contributed by atoms with E-state index in [9.17, 15) is 5.11 Å². The van der Waals surface area contributed by atoms with Crippen LogP contribution in [0.4, 0.5) is 0 Å². The van der Waals surface area contributed by atoms with Crippen LogP contribution in [0.3, 0.4) is 0 Å². The van der Waals surface area contributed by atoms with E-state index < -0.39 is 0 Å². The summed E-state index contributed by atoms with van der Waals surface area (Å²) in [6.45, 7) is 4.71. The highest BCUT2D eigenvalue weighted by Crippen LogP contribution is 2.27. The molecule has 3 aliphatic heterocycles. The van der Waals surface area contributed by atoms with Gasteiger partial charge in [0.25, 0.3) is 0 Å². The molecule has 1 aromatic rings. The molecule has 1 atom stereocenters. The number of benzene rings is 1.